The molecule has 0 saturated carbocycles. The minimum absolute atomic E-state index is 0. The van der Waals surface area contributed by atoms with Gasteiger partial charge in [0.05, 0.1) is 37.0 Å². The number of benzene rings is 1. The fourth-order valence-corrected chi connectivity index (χ4v) is 4.33. The lowest BCUT2D eigenvalue weighted by Gasteiger charge is -2.15. The van der Waals surface area contributed by atoms with Crippen molar-refractivity contribution < 1.29 is 33.9 Å². The van der Waals surface area contributed by atoms with Crippen molar-refractivity contribution in [2.75, 3.05) is 11.8 Å². The second kappa shape index (κ2) is 9.02. The number of methoxy groups -OCH3 is 1. The third-order valence-corrected chi connectivity index (χ3v) is 6.12. The molecule has 4 rings (SSSR count). The first-order valence-corrected chi connectivity index (χ1v) is 11.0. The molecule has 2 N–H and O–H groups in total. The molecule has 0 spiro atoms. The molecule has 0 aliphatic carbocycles. The lowest BCUT2D eigenvalue weighted by molar-refractivity contribution is 0.291. The average molecular weight is 495 g/mol. The van der Waals surface area contributed by atoms with E-state index in [0.29, 0.717) is 22.7 Å². The van der Waals surface area contributed by atoms with E-state index in [1.807, 2.05) is 4.72 Å². The van der Waals surface area contributed by atoms with Crippen molar-refractivity contribution in [2.24, 2.45) is 0 Å². The summed E-state index contributed by atoms with van der Waals surface area (Å²) in [5.74, 6) is -3.35. The summed E-state index contributed by atoms with van der Waals surface area (Å²) in [6.45, 7) is 3.11. The Balaban J connectivity index is 0.00000228. The molecule has 0 saturated heterocycles. The number of pyridine rings is 2. The molecule has 0 aliphatic rings. The van der Waals surface area contributed by atoms with Crippen LogP contribution in [0.5, 0.6) is 11.6 Å². The first-order valence-electron chi connectivity index (χ1n) is 9.51. The maximum atomic E-state index is 15.1. The molecular weight excluding hydrogens is 475 g/mol. The van der Waals surface area contributed by atoms with Gasteiger partial charge in [0.25, 0.3) is 10.0 Å². The van der Waals surface area contributed by atoms with Gasteiger partial charge in [-0.15, -0.1) is 0 Å². The lowest BCUT2D eigenvalue weighted by Crippen LogP contribution is -2.17. The number of ether oxygens (including phenoxy) is 2. The maximum Gasteiger partial charge on any atom is 0.267 e. The lowest BCUT2D eigenvalue weighted by atomic mass is 10.1. The normalized spacial score (nSPS) is 11.4. The predicted octanol–water partition coefficient (Wildman–Crippen LogP) is 4.29. The van der Waals surface area contributed by atoms with E-state index in [9.17, 15) is 17.2 Å². The zero-order chi connectivity index (χ0) is 24.5. The van der Waals surface area contributed by atoms with Gasteiger partial charge in [-0.25, -0.2) is 31.6 Å². The molecule has 1 aromatic carbocycles. The van der Waals surface area contributed by atoms with E-state index in [0.717, 1.165) is 25.4 Å². The molecule has 3 heterocycles. The number of aromatic nitrogens is 4. The van der Waals surface area contributed by atoms with Crippen molar-refractivity contribution in [2.45, 2.75) is 11.5 Å². The topological polar surface area (TPSA) is 119 Å². The van der Waals surface area contributed by atoms with Crippen LogP contribution < -0.4 is 14.2 Å². The molecule has 0 radical (unpaired) electrons. The summed E-state index contributed by atoms with van der Waals surface area (Å²) < 4.78 is 80.9. The second-order valence-corrected chi connectivity index (χ2v) is 8.47. The van der Waals surface area contributed by atoms with Gasteiger partial charge >= 0.3 is 0 Å². The number of sulfonamides is 1. The van der Waals surface area contributed by atoms with Crippen molar-refractivity contribution in [1.29, 1.82) is 0 Å². The third kappa shape index (κ3) is 4.24. The number of H-pyrrole nitrogens is 1. The van der Waals surface area contributed by atoms with Gasteiger partial charge in [0.1, 0.15) is 24.0 Å². The number of hydrogen-bond donors (Lipinski definition) is 2. The molecule has 0 atom stereocenters. The Bertz CT molecular complexity index is 1520. The maximum absolute atomic E-state index is 15.1. The fourth-order valence-electron chi connectivity index (χ4n) is 3.14. The number of rotatable bonds is 8. The van der Waals surface area contributed by atoms with Gasteiger partial charge in [0, 0.05) is 19.9 Å². The standard InChI is InChI=1S/C21H16F3N5O4S.2H2/c1-3-12-13-8-27-28-20(13)25-9-17(12)33-10-14-15(23)4-5-16(19(14)24)29-34(30,31)18-6-11(22)7-26-21(18)32-2;;/h3-9,29H,1,10H2,2H3,(H,25,27,28);2*1H. The van der Waals surface area contributed by atoms with Crippen LogP contribution in [0.25, 0.3) is 17.1 Å². The Morgan fingerprint density at radius 3 is 2.74 bits per heavy atom. The molecule has 4 aromatic rings. The Kier molecular flexibility index (Phi) is 6.11. The summed E-state index contributed by atoms with van der Waals surface area (Å²) in [6, 6.07) is 2.42. The SMILES string of the molecule is C=Cc1c(OCc2c(F)ccc(NS(=O)(=O)c3cc(F)cnc3OC)c2F)cnc2[nH]ncc12.[HH].[HH]. The summed E-state index contributed by atoms with van der Waals surface area (Å²) in [5.41, 5.74) is -0.161. The average Bonchev–Trinajstić information content (AvgIpc) is 3.29. The van der Waals surface area contributed by atoms with Crippen LogP contribution in [0.4, 0.5) is 18.9 Å². The number of nitrogens with zero attached hydrogens (tertiary/aromatic N) is 3. The molecule has 0 bridgehead atoms. The Labute approximate surface area is 194 Å². The highest BCUT2D eigenvalue weighted by Gasteiger charge is 2.25. The van der Waals surface area contributed by atoms with Gasteiger partial charge in [0.2, 0.25) is 5.88 Å². The minimum atomic E-state index is -4.54. The predicted molar refractivity (Wildman–Crippen MR) is 120 cm³/mol. The Hall–Kier alpha value is -4.13. The van der Waals surface area contributed by atoms with Gasteiger partial charge in [-0.2, -0.15) is 5.10 Å². The van der Waals surface area contributed by atoms with E-state index in [1.165, 1.54) is 18.5 Å². The summed E-state index contributed by atoms with van der Waals surface area (Å²) in [4.78, 5) is 7.00. The highest BCUT2D eigenvalue weighted by molar-refractivity contribution is 7.92. The van der Waals surface area contributed by atoms with Crippen LogP contribution in [-0.2, 0) is 16.6 Å². The number of anilines is 1. The van der Waals surface area contributed by atoms with Gasteiger partial charge in [-0.3, -0.25) is 9.82 Å². The highest BCUT2D eigenvalue weighted by Crippen LogP contribution is 2.30. The quantitative estimate of drug-likeness (QED) is 0.374. The Morgan fingerprint density at radius 1 is 1.21 bits per heavy atom. The molecule has 3 aromatic heterocycles. The largest absolute Gasteiger partial charge is 0.486 e. The monoisotopic (exact) mass is 495 g/mol. The van der Waals surface area contributed by atoms with E-state index in [4.69, 9.17) is 9.47 Å². The molecule has 9 nitrogen and oxygen atoms in total. The number of aromatic amines is 1. The second-order valence-electron chi connectivity index (χ2n) is 6.82. The van der Waals surface area contributed by atoms with Gasteiger partial charge < -0.3 is 9.47 Å². The summed E-state index contributed by atoms with van der Waals surface area (Å²) >= 11 is 0. The van der Waals surface area contributed by atoms with E-state index in [-0.39, 0.29) is 8.60 Å². The summed E-state index contributed by atoms with van der Waals surface area (Å²) in [5, 5.41) is 7.14. The number of nitrogens with one attached hydrogen (secondary N) is 2. The van der Waals surface area contributed by atoms with Crippen molar-refractivity contribution in [3.05, 3.63) is 71.9 Å². The van der Waals surface area contributed by atoms with Gasteiger partial charge in [-0.05, 0) is 12.1 Å². The zero-order valence-corrected chi connectivity index (χ0v) is 18.3. The van der Waals surface area contributed by atoms with Crippen LogP contribution in [0.3, 0.4) is 0 Å². The van der Waals surface area contributed by atoms with Gasteiger partial charge in [-0.1, -0.05) is 12.7 Å². The van der Waals surface area contributed by atoms with Crippen molar-refractivity contribution in [3.63, 3.8) is 0 Å². The number of hydrogen-bond acceptors (Lipinski definition) is 7. The molecule has 0 amide bonds. The van der Waals surface area contributed by atoms with Crippen LogP contribution in [0.15, 0.2) is 48.3 Å². The van der Waals surface area contributed by atoms with Crippen LogP contribution in [0, 0.1) is 17.5 Å². The highest BCUT2D eigenvalue weighted by atomic mass is 32.2. The minimum Gasteiger partial charge on any atom is -0.486 e. The van der Waals surface area contributed by atoms with E-state index in [1.54, 1.807) is 0 Å². The third-order valence-electron chi connectivity index (χ3n) is 4.76. The van der Waals surface area contributed by atoms with Crippen molar-refractivity contribution in [1.82, 2.24) is 20.2 Å². The Morgan fingerprint density at radius 2 is 2.00 bits per heavy atom. The van der Waals surface area contributed by atoms with Crippen molar-refractivity contribution in [3.8, 4) is 11.6 Å². The van der Waals surface area contributed by atoms with Crippen LogP contribution >= 0.6 is 0 Å². The van der Waals surface area contributed by atoms with Gasteiger partial charge in [0.15, 0.2) is 16.4 Å². The molecule has 0 aliphatic heterocycles. The molecule has 0 unspecified atom stereocenters. The molecule has 180 valence electrons. The van der Waals surface area contributed by atoms with E-state index < -0.39 is 56.1 Å². The van der Waals surface area contributed by atoms with Crippen molar-refractivity contribution >= 4 is 32.8 Å². The van der Waals surface area contributed by atoms with E-state index in [2.05, 4.69) is 26.7 Å². The first-order chi connectivity index (χ1) is 16.2. The molecular formula is C21H20F3N5O4S. The molecule has 34 heavy (non-hydrogen) atoms. The first kappa shape index (κ1) is 23.0. The van der Waals surface area contributed by atoms with Crippen LogP contribution in [0.2, 0.25) is 0 Å². The fraction of sp³-hybridized carbons (Fsp3) is 0.0952. The van der Waals surface area contributed by atoms with Crippen LogP contribution in [-0.4, -0.2) is 35.7 Å². The number of fused-ring (bicyclic) bond motifs is 1. The van der Waals surface area contributed by atoms with E-state index >= 15 is 4.39 Å². The summed E-state index contributed by atoms with van der Waals surface area (Å²) in [6.07, 6.45) is 5.08. The zero-order valence-electron chi connectivity index (χ0n) is 17.5. The number of halogens is 3. The molecule has 0 fully saturated rings. The van der Waals surface area contributed by atoms with Crippen LogP contribution in [0.1, 0.15) is 14.0 Å². The molecule has 13 heteroatoms. The smallest absolute Gasteiger partial charge is 0.267 e. The summed E-state index contributed by atoms with van der Waals surface area (Å²) in [7, 11) is -3.40.